The second-order valence-corrected chi connectivity index (χ2v) is 8.39. The summed E-state index contributed by atoms with van der Waals surface area (Å²) in [5, 5.41) is 15.7. The van der Waals surface area contributed by atoms with Gasteiger partial charge in [-0.3, -0.25) is 4.79 Å². The average molecular weight is 352 g/mol. The van der Waals surface area contributed by atoms with Gasteiger partial charge in [0.1, 0.15) is 0 Å². The van der Waals surface area contributed by atoms with Gasteiger partial charge in [-0.05, 0) is 23.6 Å². The van der Waals surface area contributed by atoms with Gasteiger partial charge in [-0.15, -0.1) is 22.7 Å². The predicted octanol–water partition coefficient (Wildman–Crippen LogP) is 1.42. The number of carbonyl (C=O) groups excluding carboxylic acids is 2. The van der Waals surface area contributed by atoms with Gasteiger partial charge in [0, 0.05) is 22.1 Å². The molecule has 0 aliphatic rings. The van der Waals surface area contributed by atoms with Crippen molar-refractivity contribution in [2.45, 2.75) is 12.5 Å². The van der Waals surface area contributed by atoms with Crippen LogP contribution in [0.1, 0.15) is 16.1 Å². The Morgan fingerprint density at radius 3 is 2.52 bits per heavy atom. The third-order valence-electron chi connectivity index (χ3n) is 3.11. The maximum Gasteiger partial charge on any atom is 0.261 e. The van der Waals surface area contributed by atoms with Gasteiger partial charge in [0.25, 0.3) is 5.91 Å². The number of quaternary nitrogens is 1. The molecule has 23 heavy (non-hydrogen) atoms. The molecule has 1 amide bonds. The van der Waals surface area contributed by atoms with Crippen LogP contribution in [0.2, 0.25) is 0 Å². The molecule has 1 N–H and O–H groups in total. The second kappa shape index (κ2) is 7.25. The molecule has 0 aliphatic carbocycles. The molecule has 0 fully saturated rings. The number of likely N-dealkylation sites (N-methyl/N-ethyl adjacent to an activating group) is 1. The maximum atomic E-state index is 12.4. The van der Waals surface area contributed by atoms with Gasteiger partial charge in [0.15, 0.2) is 0 Å². The summed E-state index contributed by atoms with van der Waals surface area (Å²) in [5.41, 5.74) is 0. The monoisotopic (exact) mass is 352 g/mol. The highest BCUT2D eigenvalue weighted by molar-refractivity contribution is 7.22. The van der Waals surface area contributed by atoms with Crippen LogP contribution >= 0.6 is 22.7 Å². The van der Waals surface area contributed by atoms with Crippen LogP contribution in [-0.4, -0.2) is 50.1 Å². The summed E-state index contributed by atoms with van der Waals surface area (Å²) >= 11 is 3.03. The minimum atomic E-state index is -1.16. The van der Waals surface area contributed by atoms with E-state index in [0.29, 0.717) is 15.9 Å². The number of rotatable bonds is 7. The Morgan fingerprint density at radius 2 is 1.96 bits per heavy atom. The third-order valence-corrected chi connectivity index (χ3v) is 5.26. The summed E-state index contributed by atoms with van der Waals surface area (Å²) in [6, 6.07) is 7.21. The van der Waals surface area contributed by atoms with Crippen molar-refractivity contribution in [3.05, 3.63) is 34.5 Å². The summed E-state index contributed by atoms with van der Waals surface area (Å²) in [4.78, 5) is 26.0. The van der Waals surface area contributed by atoms with E-state index in [4.69, 9.17) is 0 Å². The van der Waals surface area contributed by atoms with Crippen molar-refractivity contribution in [3.63, 3.8) is 0 Å². The van der Waals surface area contributed by atoms with Crippen LogP contribution in [0.25, 0.3) is 9.75 Å². The number of carboxylic acids is 1. The van der Waals surface area contributed by atoms with E-state index in [9.17, 15) is 14.7 Å². The zero-order chi connectivity index (χ0) is 17.0. The lowest BCUT2D eigenvalue weighted by atomic mass is 10.2. The first-order chi connectivity index (χ1) is 10.7. The SMILES string of the molecule is C[N+](C)(C)C[C@@H](CC(=O)[O-])NC(=O)c1ccc(-c2cccs2)s1. The quantitative estimate of drug-likeness (QED) is 0.766. The Bertz CT molecular complexity index is 672. The third kappa shape index (κ3) is 5.46. The van der Waals surface area contributed by atoms with Gasteiger partial charge in [-0.1, -0.05) is 6.07 Å². The van der Waals surface area contributed by atoms with Crippen LogP contribution in [0.5, 0.6) is 0 Å². The van der Waals surface area contributed by atoms with E-state index in [1.54, 1.807) is 17.4 Å². The van der Waals surface area contributed by atoms with Crippen LogP contribution in [-0.2, 0) is 4.79 Å². The molecule has 0 aromatic carbocycles. The molecule has 0 aliphatic heterocycles. The molecule has 5 nitrogen and oxygen atoms in total. The van der Waals surface area contributed by atoms with Gasteiger partial charge >= 0.3 is 0 Å². The number of amides is 1. The van der Waals surface area contributed by atoms with Crippen LogP contribution in [0, 0.1) is 0 Å². The van der Waals surface area contributed by atoms with Crippen molar-refractivity contribution >= 4 is 34.6 Å². The highest BCUT2D eigenvalue weighted by atomic mass is 32.1. The number of hydrogen-bond acceptors (Lipinski definition) is 5. The molecule has 0 saturated heterocycles. The standard InChI is InChI=1S/C16H20N2O3S2/c1-18(2,3)10-11(9-15(19)20)17-16(21)14-7-6-13(23-14)12-5-4-8-22-12/h4-8,11H,9-10H2,1-3H3,(H-,17,19,20,21)/t11-/m1/s1. The van der Waals surface area contributed by atoms with Gasteiger partial charge in [0.2, 0.25) is 0 Å². The van der Waals surface area contributed by atoms with Crippen LogP contribution in [0.4, 0.5) is 0 Å². The van der Waals surface area contributed by atoms with Crippen molar-refractivity contribution in [2.24, 2.45) is 0 Å². The molecule has 0 unspecified atom stereocenters. The van der Waals surface area contributed by atoms with E-state index in [0.717, 1.165) is 9.75 Å². The van der Waals surface area contributed by atoms with Gasteiger partial charge in [-0.25, -0.2) is 0 Å². The molecule has 7 heteroatoms. The summed E-state index contributed by atoms with van der Waals surface area (Å²) in [6.07, 6.45) is -0.190. The first-order valence-electron chi connectivity index (χ1n) is 7.19. The fraction of sp³-hybridized carbons (Fsp3) is 0.375. The normalized spacial score (nSPS) is 12.8. The number of carbonyl (C=O) groups is 2. The molecule has 0 bridgehead atoms. The van der Waals surface area contributed by atoms with E-state index in [-0.39, 0.29) is 12.3 Å². The number of hydrogen-bond donors (Lipinski definition) is 1. The Balaban J connectivity index is 2.07. The molecule has 1 atom stereocenters. The van der Waals surface area contributed by atoms with Crippen LogP contribution in [0.15, 0.2) is 29.6 Å². The molecule has 2 heterocycles. The lowest BCUT2D eigenvalue weighted by molar-refractivity contribution is -0.871. The molecule has 0 saturated carbocycles. The van der Waals surface area contributed by atoms with E-state index in [2.05, 4.69) is 5.32 Å². The second-order valence-electron chi connectivity index (χ2n) is 6.36. The first-order valence-corrected chi connectivity index (χ1v) is 8.89. The smallest absolute Gasteiger partial charge is 0.261 e. The molecule has 0 radical (unpaired) electrons. The Hall–Kier alpha value is -1.70. The van der Waals surface area contributed by atoms with Crippen molar-refractivity contribution in [1.82, 2.24) is 5.32 Å². The average Bonchev–Trinajstić information content (AvgIpc) is 3.07. The summed E-state index contributed by atoms with van der Waals surface area (Å²) in [6.45, 7) is 0.517. The highest BCUT2D eigenvalue weighted by Gasteiger charge is 2.22. The summed E-state index contributed by atoms with van der Waals surface area (Å²) in [5.74, 6) is -1.40. The van der Waals surface area contributed by atoms with Crippen molar-refractivity contribution in [2.75, 3.05) is 27.7 Å². The Morgan fingerprint density at radius 1 is 1.22 bits per heavy atom. The van der Waals surface area contributed by atoms with Crippen molar-refractivity contribution in [1.29, 1.82) is 0 Å². The summed E-state index contributed by atoms with van der Waals surface area (Å²) < 4.78 is 0.559. The van der Waals surface area contributed by atoms with E-state index >= 15 is 0 Å². The lowest BCUT2D eigenvalue weighted by Gasteiger charge is -2.29. The largest absolute Gasteiger partial charge is 0.550 e. The molecule has 2 rings (SSSR count). The predicted molar refractivity (Wildman–Crippen MR) is 91.4 cm³/mol. The maximum absolute atomic E-state index is 12.4. The molecule has 2 aromatic heterocycles. The number of nitrogens with one attached hydrogen (secondary N) is 1. The zero-order valence-corrected chi connectivity index (χ0v) is 15.0. The number of aliphatic carboxylic acids is 1. The number of carboxylic acid groups (broad SMARTS) is 1. The van der Waals surface area contributed by atoms with Crippen LogP contribution < -0.4 is 10.4 Å². The topological polar surface area (TPSA) is 69.2 Å². The molecular formula is C16H20N2O3S2. The van der Waals surface area contributed by atoms with Gasteiger partial charge in [-0.2, -0.15) is 0 Å². The molecule has 124 valence electrons. The van der Waals surface area contributed by atoms with E-state index in [1.807, 2.05) is 44.7 Å². The van der Waals surface area contributed by atoms with Crippen LogP contribution in [0.3, 0.4) is 0 Å². The number of nitrogens with zero attached hydrogens (tertiary/aromatic N) is 1. The minimum Gasteiger partial charge on any atom is -0.550 e. The van der Waals surface area contributed by atoms with Crippen molar-refractivity contribution in [3.8, 4) is 9.75 Å². The highest BCUT2D eigenvalue weighted by Crippen LogP contribution is 2.31. The van der Waals surface area contributed by atoms with Crippen molar-refractivity contribution < 1.29 is 19.2 Å². The fourth-order valence-electron chi connectivity index (χ4n) is 2.29. The van der Waals surface area contributed by atoms with Gasteiger partial charge < -0.3 is 19.7 Å². The van der Waals surface area contributed by atoms with E-state index < -0.39 is 12.0 Å². The Labute approximate surface area is 143 Å². The fourth-order valence-corrected chi connectivity index (χ4v) is 4.03. The first kappa shape index (κ1) is 17.7. The number of thiophene rings is 2. The Kier molecular flexibility index (Phi) is 5.56. The molecule has 2 aromatic rings. The van der Waals surface area contributed by atoms with Gasteiger partial charge in [0.05, 0.1) is 38.6 Å². The molecule has 0 spiro atoms. The summed E-state index contributed by atoms with van der Waals surface area (Å²) in [7, 11) is 5.86. The molecular weight excluding hydrogens is 332 g/mol. The lowest BCUT2D eigenvalue weighted by Crippen LogP contribution is -2.50. The zero-order valence-electron chi connectivity index (χ0n) is 13.4. The van der Waals surface area contributed by atoms with E-state index in [1.165, 1.54) is 11.3 Å². The minimum absolute atomic E-state index is 0.190.